The number of aliphatic hydroxyl groups is 1. The van der Waals surface area contributed by atoms with Crippen LogP contribution in [0, 0.1) is 0 Å². The number of nitrogens with one attached hydrogen (secondary N) is 3. The maximum atomic E-state index is 13.4. The predicted octanol–water partition coefficient (Wildman–Crippen LogP) is 10.3. The van der Waals surface area contributed by atoms with Crippen LogP contribution >= 0.6 is 15.6 Å². The summed E-state index contributed by atoms with van der Waals surface area (Å²) in [5.41, 5.74) is 0. The van der Waals surface area contributed by atoms with Crippen LogP contribution in [0.15, 0.2) is 0 Å². The first-order chi connectivity index (χ1) is 32.5. The van der Waals surface area contributed by atoms with Crippen molar-refractivity contribution in [2.45, 2.75) is 270 Å². The highest BCUT2D eigenvalue weighted by Gasteiger charge is 2.26. The Morgan fingerprint density at radius 2 is 0.941 bits per heavy atom. The Kier molecular flexibility index (Phi) is 42.6. The van der Waals surface area contributed by atoms with Crippen molar-refractivity contribution in [3.63, 3.8) is 0 Å². The molecule has 0 heterocycles. The lowest BCUT2D eigenvalue weighted by atomic mass is 10.0. The van der Waals surface area contributed by atoms with Gasteiger partial charge in [-0.15, -0.1) is 0 Å². The number of carbonyl (C=O) groups excluding carboxylic acids is 4. The molecule has 0 aliphatic rings. The molecule has 68 heavy (non-hydrogen) atoms. The Balaban J connectivity index is 5.37. The van der Waals surface area contributed by atoms with E-state index >= 15 is 0 Å². The number of unbranched alkanes of at least 4 members (excludes halogenated alkanes) is 24. The fraction of sp³-hybridized carbons (Fsp3) is 0.918. The average molecular weight is 1010 g/mol. The van der Waals surface area contributed by atoms with E-state index in [4.69, 9.17) is 19.0 Å². The second-order valence-electron chi connectivity index (χ2n) is 18.7. The summed E-state index contributed by atoms with van der Waals surface area (Å²) in [6.45, 7) is 5.47. The number of carbonyl (C=O) groups is 4. The molecule has 0 aliphatic heterocycles. The van der Waals surface area contributed by atoms with Gasteiger partial charge in [0.25, 0.3) is 0 Å². The van der Waals surface area contributed by atoms with Crippen molar-refractivity contribution in [1.82, 2.24) is 16.0 Å². The third-order valence-corrected chi connectivity index (χ3v) is 13.0. The Bertz CT molecular complexity index is 1370. The Labute approximate surface area is 410 Å². The fourth-order valence-corrected chi connectivity index (χ4v) is 8.81. The normalized spacial score (nSPS) is 13.7. The topological polar surface area (TPSA) is 267 Å². The highest BCUT2D eigenvalue weighted by atomic mass is 31.2. The molecule has 402 valence electrons. The van der Waals surface area contributed by atoms with Crippen LogP contribution in [0.5, 0.6) is 0 Å². The quantitative estimate of drug-likeness (QED) is 0.0160. The van der Waals surface area contributed by atoms with Gasteiger partial charge in [-0.1, -0.05) is 181 Å². The number of aliphatic hydroxyl groups excluding tert-OH is 1. The number of phosphoric acid groups is 2. The van der Waals surface area contributed by atoms with Gasteiger partial charge in [0.05, 0.1) is 38.2 Å². The predicted molar refractivity (Wildman–Crippen MR) is 267 cm³/mol. The Hall–Kier alpha value is -1.94. The molecule has 0 aliphatic carbocycles. The number of phosphoric ester groups is 2. The van der Waals surface area contributed by atoms with Crippen LogP contribution in [0.4, 0.5) is 0 Å². The first kappa shape index (κ1) is 66.1. The van der Waals surface area contributed by atoms with Crippen molar-refractivity contribution in [2.24, 2.45) is 0 Å². The van der Waals surface area contributed by atoms with Gasteiger partial charge in [-0.25, -0.2) is 9.13 Å². The van der Waals surface area contributed by atoms with E-state index in [1.807, 2.05) is 0 Å². The van der Waals surface area contributed by atoms with Crippen LogP contribution in [-0.4, -0.2) is 92.4 Å². The minimum absolute atomic E-state index is 0.00817. The number of ether oxygens (including phenoxy) is 1. The molecule has 0 bridgehead atoms. The molecule has 0 fully saturated rings. The lowest BCUT2D eigenvalue weighted by Crippen LogP contribution is -2.48. The monoisotopic (exact) mass is 1010 g/mol. The summed E-state index contributed by atoms with van der Waals surface area (Å²) in [6.07, 6.45) is 29.1. The van der Waals surface area contributed by atoms with Crippen LogP contribution in [-0.2, 0) is 42.1 Å². The van der Waals surface area contributed by atoms with Gasteiger partial charge in [0.15, 0.2) is 0 Å². The molecule has 17 nitrogen and oxygen atoms in total. The van der Waals surface area contributed by atoms with Gasteiger partial charge in [-0.3, -0.25) is 28.2 Å². The van der Waals surface area contributed by atoms with E-state index < -0.39 is 70.9 Å². The largest absolute Gasteiger partial charge is 0.469 e. The van der Waals surface area contributed by atoms with Crippen LogP contribution in [0.1, 0.15) is 245 Å². The zero-order chi connectivity index (χ0) is 50.7. The fourth-order valence-electron chi connectivity index (χ4n) is 8.09. The molecule has 0 rings (SSSR count). The van der Waals surface area contributed by atoms with Crippen LogP contribution in [0.25, 0.3) is 0 Å². The second kappa shape index (κ2) is 43.8. The standard InChI is InChI=1S/C49H97N3O14P2/c1-4-7-10-13-16-19-22-25-28-33-43(53)39-46(54)52-45(36-38-64-67(58,59)60)49(57)50-37-31-32-42(41-65-68(61,62)63)51-47(55)40-44(34-29-26-23-20-17-14-11-8-5-2)66-48(56)35-30-27-24-21-18-15-12-9-6-3/h42-45,53H,4-41H2,1-3H3,(H,50,57)(H,51,55)(H,52,54)(H2,58,59,60)(H2,61,62,63). The van der Waals surface area contributed by atoms with Crippen molar-refractivity contribution >= 4 is 39.3 Å². The zero-order valence-electron chi connectivity index (χ0n) is 42.5. The van der Waals surface area contributed by atoms with Crippen molar-refractivity contribution < 1.29 is 66.8 Å². The third kappa shape index (κ3) is 45.2. The number of hydrogen-bond donors (Lipinski definition) is 8. The van der Waals surface area contributed by atoms with E-state index in [9.17, 15) is 43.2 Å². The molecule has 0 radical (unpaired) electrons. The molecule has 0 aromatic heterocycles. The maximum Gasteiger partial charge on any atom is 0.469 e. The summed E-state index contributed by atoms with van der Waals surface area (Å²) >= 11 is 0. The molecule has 4 unspecified atom stereocenters. The van der Waals surface area contributed by atoms with Crippen molar-refractivity contribution in [1.29, 1.82) is 0 Å². The molecule has 0 aromatic carbocycles. The van der Waals surface area contributed by atoms with Gasteiger partial charge in [0, 0.05) is 19.4 Å². The molecule has 0 saturated carbocycles. The zero-order valence-corrected chi connectivity index (χ0v) is 44.3. The lowest BCUT2D eigenvalue weighted by molar-refractivity contribution is -0.151. The van der Waals surface area contributed by atoms with E-state index in [2.05, 4.69) is 41.2 Å². The number of hydrogen-bond acceptors (Lipinski definition) is 10. The summed E-state index contributed by atoms with van der Waals surface area (Å²) in [4.78, 5) is 89.7. The van der Waals surface area contributed by atoms with Gasteiger partial charge in [-0.2, -0.15) is 0 Å². The minimum atomic E-state index is -4.91. The average Bonchev–Trinajstić information content (AvgIpc) is 3.26. The first-order valence-electron chi connectivity index (χ1n) is 26.6. The van der Waals surface area contributed by atoms with Gasteiger partial charge in [0.1, 0.15) is 12.1 Å². The third-order valence-electron chi connectivity index (χ3n) is 12.0. The highest BCUT2D eigenvalue weighted by Crippen LogP contribution is 2.36. The summed E-state index contributed by atoms with van der Waals surface area (Å²) in [5.74, 6) is -2.14. The van der Waals surface area contributed by atoms with Crippen molar-refractivity contribution in [3.05, 3.63) is 0 Å². The van der Waals surface area contributed by atoms with Crippen LogP contribution in [0.2, 0.25) is 0 Å². The van der Waals surface area contributed by atoms with Crippen LogP contribution in [0.3, 0.4) is 0 Å². The van der Waals surface area contributed by atoms with Gasteiger partial charge >= 0.3 is 21.6 Å². The van der Waals surface area contributed by atoms with Gasteiger partial charge in [-0.05, 0) is 38.5 Å². The molecule has 0 saturated heterocycles. The number of esters is 1. The number of rotatable bonds is 49. The van der Waals surface area contributed by atoms with Gasteiger partial charge in [0.2, 0.25) is 17.7 Å². The van der Waals surface area contributed by atoms with Crippen molar-refractivity contribution in [3.8, 4) is 0 Å². The maximum absolute atomic E-state index is 13.4. The molecule has 19 heteroatoms. The highest BCUT2D eigenvalue weighted by molar-refractivity contribution is 7.46. The van der Waals surface area contributed by atoms with Crippen LogP contribution < -0.4 is 16.0 Å². The molecular weight excluding hydrogens is 916 g/mol. The Morgan fingerprint density at radius 3 is 1.43 bits per heavy atom. The molecular formula is C49H97N3O14P2. The summed E-state index contributed by atoms with van der Waals surface area (Å²) in [5, 5.41) is 18.4. The Morgan fingerprint density at radius 1 is 0.500 bits per heavy atom. The van der Waals surface area contributed by atoms with E-state index in [0.29, 0.717) is 19.3 Å². The van der Waals surface area contributed by atoms with E-state index in [1.165, 1.54) is 96.3 Å². The smallest absolute Gasteiger partial charge is 0.462 e. The van der Waals surface area contributed by atoms with E-state index in [0.717, 1.165) is 70.6 Å². The van der Waals surface area contributed by atoms with E-state index in [-0.39, 0.29) is 51.0 Å². The molecule has 4 atom stereocenters. The summed E-state index contributed by atoms with van der Waals surface area (Å²) < 4.78 is 38.0. The molecule has 0 aromatic rings. The SMILES string of the molecule is CCCCCCCCCCCC(=O)OC(CCCCCCCCCCC)CC(=O)NC(CCCNC(=O)C(CCOP(=O)(O)O)NC(=O)CC(O)CCCCCCCCCCC)COP(=O)(O)O. The van der Waals surface area contributed by atoms with Gasteiger partial charge < -0.3 is 45.4 Å². The van der Waals surface area contributed by atoms with E-state index in [1.54, 1.807) is 0 Å². The molecule has 3 amide bonds. The molecule has 8 N–H and O–H groups in total. The van der Waals surface area contributed by atoms with Crippen molar-refractivity contribution in [2.75, 3.05) is 19.8 Å². The summed E-state index contributed by atoms with van der Waals surface area (Å²) in [6, 6.07) is -2.15. The lowest BCUT2D eigenvalue weighted by Gasteiger charge is -2.23. The number of amides is 3. The first-order valence-corrected chi connectivity index (χ1v) is 29.7. The molecule has 0 spiro atoms. The minimum Gasteiger partial charge on any atom is -0.462 e. The summed E-state index contributed by atoms with van der Waals surface area (Å²) in [7, 11) is -9.77. The second-order valence-corrected chi connectivity index (χ2v) is 21.2.